The molecule has 1 atom stereocenters. The molecular weight excluding hydrogens is 300 g/mol. The Morgan fingerprint density at radius 1 is 1.04 bits per heavy atom. The summed E-state index contributed by atoms with van der Waals surface area (Å²) in [5.41, 5.74) is 3.07. The maximum absolute atomic E-state index is 4.48. The van der Waals surface area contributed by atoms with Gasteiger partial charge in [-0.15, -0.1) is 0 Å². The first-order valence-electron chi connectivity index (χ1n) is 8.55. The van der Waals surface area contributed by atoms with Crippen LogP contribution < -0.4 is 4.90 Å². The van der Waals surface area contributed by atoms with Gasteiger partial charge < -0.3 is 9.88 Å². The van der Waals surface area contributed by atoms with Gasteiger partial charge in [0.05, 0.1) is 6.33 Å². The van der Waals surface area contributed by atoms with Crippen molar-refractivity contribution in [1.29, 1.82) is 0 Å². The van der Waals surface area contributed by atoms with E-state index < -0.39 is 0 Å². The molecule has 1 aliphatic rings. The molecule has 0 bridgehead atoms. The molecule has 0 aliphatic carbocycles. The van der Waals surface area contributed by atoms with Crippen LogP contribution in [0.4, 0.5) is 5.82 Å². The van der Waals surface area contributed by atoms with Gasteiger partial charge in [0.15, 0.2) is 11.5 Å². The molecule has 124 valence electrons. The molecule has 0 spiro atoms. The van der Waals surface area contributed by atoms with Crippen molar-refractivity contribution < 1.29 is 0 Å². The number of hydrogen-bond donors (Lipinski definition) is 1. The number of imidazole rings is 1. The molecule has 1 aromatic carbocycles. The normalized spacial score (nSPS) is 17.3. The topological polar surface area (TPSA) is 60.9 Å². The van der Waals surface area contributed by atoms with Gasteiger partial charge >= 0.3 is 0 Å². The molecule has 1 aliphatic heterocycles. The SMILES string of the molecule is CCC(c1ccccc1)N1CCN(c2ncnc3nc[nH]c23)CC1. The molecule has 24 heavy (non-hydrogen) atoms. The summed E-state index contributed by atoms with van der Waals surface area (Å²) in [6.07, 6.45) is 4.41. The van der Waals surface area contributed by atoms with Gasteiger partial charge in [0.2, 0.25) is 0 Å². The minimum absolute atomic E-state index is 0.492. The second-order valence-electron chi connectivity index (χ2n) is 6.16. The predicted octanol–water partition coefficient (Wildman–Crippen LogP) is 2.63. The van der Waals surface area contributed by atoms with Crippen molar-refractivity contribution in [2.24, 2.45) is 0 Å². The third kappa shape index (κ3) is 2.73. The van der Waals surface area contributed by atoms with E-state index in [1.165, 1.54) is 5.56 Å². The molecule has 3 aromatic rings. The Morgan fingerprint density at radius 2 is 1.83 bits per heavy atom. The monoisotopic (exact) mass is 322 g/mol. The Hall–Kier alpha value is -2.47. The lowest BCUT2D eigenvalue weighted by Gasteiger charge is -2.39. The standard InChI is InChI=1S/C18H22N6/c1-2-15(14-6-4-3-5-7-14)23-8-10-24(11-9-23)18-16-17(20-12-19-16)21-13-22-18/h3-7,12-13,15H,2,8-11H2,1H3,(H,19,20,21,22). The number of rotatable bonds is 4. The summed E-state index contributed by atoms with van der Waals surface area (Å²) in [4.78, 5) is 21.0. The Bertz CT molecular complexity index is 791. The summed E-state index contributed by atoms with van der Waals surface area (Å²) in [6, 6.07) is 11.3. The zero-order valence-corrected chi connectivity index (χ0v) is 13.9. The number of piperazine rings is 1. The van der Waals surface area contributed by atoms with E-state index >= 15 is 0 Å². The quantitative estimate of drug-likeness (QED) is 0.800. The molecule has 0 saturated carbocycles. The molecule has 2 aromatic heterocycles. The smallest absolute Gasteiger partial charge is 0.182 e. The average molecular weight is 322 g/mol. The summed E-state index contributed by atoms with van der Waals surface area (Å²) in [5, 5.41) is 0. The number of fused-ring (bicyclic) bond motifs is 1. The van der Waals surface area contributed by atoms with Gasteiger partial charge in [-0.1, -0.05) is 37.3 Å². The third-order valence-corrected chi connectivity index (χ3v) is 4.83. The molecule has 1 fully saturated rings. The lowest BCUT2D eigenvalue weighted by molar-refractivity contribution is 0.181. The molecule has 6 heteroatoms. The van der Waals surface area contributed by atoms with E-state index in [0.717, 1.165) is 49.6 Å². The Balaban J connectivity index is 1.49. The molecule has 1 unspecified atom stereocenters. The number of H-pyrrole nitrogens is 1. The molecule has 1 saturated heterocycles. The van der Waals surface area contributed by atoms with Crippen molar-refractivity contribution in [1.82, 2.24) is 24.8 Å². The van der Waals surface area contributed by atoms with E-state index in [1.807, 2.05) is 0 Å². The molecular formula is C18H22N6. The fourth-order valence-corrected chi connectivity index (χ4v) is 3.62. The summed E-state index contributed by atoms with van der Waals surface area (Å²) in [7, 11) is 0. The van der Waals surface area contributed by atoms with Crippen LogP contribution in [-0.2, 0) is 0 Å². The molecule has 0 amide bonds. The first-order valence-corrected chi connectivity index (χ1v) is 8.55. The lowest BCUT2D eigenvalue weighted by Crippen LogP contribution is -2.48. The van der Waals surface area contributed by atoms with E-state index in [-0.39, 0.29) is 0 Å². The molecule has 0 radical (unpaired) electrons. The summed E-state index contributed by atoms with van der Waals surface area (Å²) in [6.45, 7) is 6.27. The van der Waals surface area contributed by atoms with Crippen LogP contribution in [0.1, 0.15) is 24.9 Å². The Labute approximate surface area is 141 Å². The van der Waals surface area contributed by atoms with E-state index in [2.05, 4.69) is 67.0 Å². The largest absolute Gasteiger partial charge is 0.352 e. The molecule has 1 N–H and O–H groups in total. The van der Waals surface area contributed by atoms with Crippen LogP contribution in [0, 0.1) is 0 Å². The number of benzene rings is 1. The summed E-state index contributed by atoms with van der Waals surface area (Å²) < 4.78 is 0. The molecule has 4 rings (SSSR count). The Morgan fingerprint density at radius 3 is 2.58 bits per heavy atom. The maximum Gasteiger partial charge on any atom is 0.182 e. The fraction of sp³-hybridized carbons (Fsp3) is 0.389. The van der Waals surface area contributed by atoms with Gasteiger partial charge in [-0.25, -0.2) is 15.0 Å². The second kappa shape index (κ2) is 6.57. The van der Waals surface area contributed by atoms with E-state index in [0.29, 0.717) is 6.04 Å². The lowest BCUT2D eigenvalue weighted by atomic mass is 10.0. The van der Waals surface area contributed by atoms with Gasteiger partial charge in [0.1, 0.15) is 11.8 Å². The first kappa shape index (κ1) is 15.1. The van der Waals surface area contributed by atoms with Crippen LogP contribution in [0.15, 0.2) is 43.0 Å². The van der Waals surface area contributed by atoms with Crippen molar-refractivity contribution in [3.63, 3.8) is 0 Å². The highest BCUT2D eigenvalue weighted by Gasteiger charge is 2.25. The average Bonchev–Trinajstić information content (AvgIpc) is 3.13. The number of hydrogen-bond acceptors (Lipinski definition) is 5. The van der Waals surface area contributed by atoms with Gasteiger partial charge in [0.25, 0.3) is 0 Å². The van der Waals surface area contributed by atoms with Gasteiger partial charge in [-0.3, -0.25) is 4.90 Å². The van der Waals surface area contributed by atoms with Gasteiger partial charge in [-0.2, -0.15) is 0 Å². The van der Waals surface area contributed by atoms with Crippen LogP contribution >= 0.6 is 0 Å². The number of nitrogens with zero attached hydrogens (tertiary/aromatic N) is 5. The zero-order valence-electron chi connectivity index (χ0n) is 13.9. The third-order valence-electron chi connectivity index (χ3n) is 4.83. The minimum Gasteiger partial charge on any atom is -0.352 e. The van der Waals surface area contributed by atoms with Crippen molar-refractivity contribution >= 4 is 17.0 Å². The number of aromatic nitrogens is 4. The summed E-state index contributed by atoms with van der Waals surface area (Å²) in [5.74, 6) is 0.963. The van der Waals surface area contributed by atoms with Crippen molar-refractivity contribution in [3.05, 3.63) is 48.5 Å². The van der Waals surface area contributed by atoms with E-state index in [4.69, 9.17) is 0 Å². The van der Waals surface area contributed by atoms with Crippen LogP contribution in [0.25, 0.3) is 11.2 Å². The van der Waals surface area contributed by atoms with Gasteiger partial charge in [0, 0.05) is 32.2 Å². The van der Waals surface area contributed by atoms with Crippen LogP contribution in [-0.4, -0.2) is 51.0 Å². The number of anilines is 1. The van der Waals surface area contributed by atoms with Crippen molar-refractivity contribution in [3.8, 4) is 0 Å². The highest BCUT2D eigenvalue weighted by molar-refractivity contribution is 5.82. The van der Waals surface area contributed by atoms with Crippen molar-refractivity contribution in [2.75, 3.05) is 31.1 Å². The van der Waals surface area contributed by atoms with Crippen LogP contribution in [0.3, 0.4) is 0 Å². The number of aromatic amines is 1. The highest BCUT2D eigenvalue weighted by Crippen LogP contribution is 2.27. The second-order valence-corrected chi connectivity index (χ2v) is 6.16. The highest BCUT2D eigenvalue weighted by atomic mass is 15.3. The fourth-order valence-electron chi connectivity index (χ4n) is 3.62. The number of nitrogens with one attached hydrogen (secondary N) is 1. The Kier molecular flexibility index (Phi) is 4.13. The molecule has 3 heterocycles. The minimum atomic E-state index is 0.492. The van der Waals surface area contributed by atoms with Crippen molar-refractivity contribution in [2.45, 2.75) is 19.4 Å². The zero-order chi connectivity index (χ0) is 16.4. The predicted molar refractivity (Wildman–Crippen MR) is 94.9 cm³/mol. The van der Waals surface area contributed by atoms with Crippen LogP contribution in [0.5, 0.6) is 0 Å². The maximum atomic E-state index is 4.48. The van der Waals surface area contributed by atoms with E-state index in [9.17, 15) is 0 Å². The molecule has 6 nitrogen and oxygen atoms in total. The van der Waals surface area contributed by atoms with Gasteiger partial charge in [-0.05, 0) is 12.0 Å². The summed E-state index contributed by atoms with van der Waals surface area (Å²) >= 11 is 0. The van der Waals surface area contributed by atoms with Crippen LogP contribution in [0.2, 0.25) is 0 Å². The van der Waals surface area contributed by atoms with E-state index in [1.54, 1.807) is 12.7 Å². The first-order chi connectivity index (χ1) is 11.9.